The third kappa shape index (κ3) is 4.94. The first-order valence-electron chi connectivity index (χ1n) is 10.7. The number of carbonyl (C=O) groups excluding carboxylic acids is 1. The number of aromatic nitrogens is 2. The van der Waals surface area contributed by atoms with Crippen molar-refractivity contribution >= 4 is 28.5 Å². The number of carbonyl (C=O) groups is 1. The lowest BCUT2D eigenvalue weighted by molar-refractivity contribution is 0.0954. The van der Waals surface area contributed by atoms with Crippen molar-refractivity contribution in [3.8, 4) is 5.75 Å². The molecule has 0 spiro atoms. The number of aryl methyl sites for hydroxylation is 2. The minimum atomic E-state index is -0.123. The molecule has 0 bridgehead atoms. The van der Waals surface area contributed by atoms with E-state index in [2.05, 4.69) is 41.9 Å². The first kappa shape index (κ1) is 21.9. The number of para-hydroxylation sites is 3. The molecule has 1 N–H and O–H groups in total. The van der Waals surface area contributed by atoms with Crippen molar-refractivity contribution < 1.29 is 9.53 Å². The van der Waals surface area contributed by atoms with E-state index in [1.165, 1.54) is 0 Å². The van der Waals surface area contributed by atoms with Gasteiger partial charge in [-0.25, -0.2) is 4.98 Å². The van der Waals surface area contributed by atoms with Crippen molar-refractivity contribution in [1.29, 1.82) is 0 Å². The molecule has 0 saturated carbocycles. The molecule has 1 aromatic heterocycles. The Morgan fingerprint density at radius 3 is 2.47 bits per heavy atom. The Balaban J connectivity index is 1.44. The number of rotatable bonds is 8. The molecule has 1 heterocycles. The topological polar surface area (TPSA) is 56.1 Å². The van der Waals surface area contributed by atoms with Crippen molar-refractivity contribution in [2.45, 2.75) is 26.8 Å². The van der Waals surface area contributed by atoms with Gasteiger partial charge in [-0.1, -0.05) is 41.9 Å². The zero-order chi connectivity index (χ0) is 22.5. The number of benzene rings is 3. The largest absolute Gasteiger partial charge is 0.491 e. The number of nitrogens with one attached hydrogen (secondary N) is 1. The van der Waals surface area contributed by atoms with Gasteiger partial charge in [-0.05, 0) is 61.4 Å². The normalized spacial score (nSPS) is 11.0. The number of hydrogen-bond donors (Lipinski definition) is 1. The second kappa shape index (κ2) is 9.88. The second-order valence-corrected chi connectivity index (χ2v) is 8.19. The Morgan fingerprint density at radius 1 is 1.00 bits per heavy atom. The van der Waals surface area contributed by atoms with Gasteiger partial charge in [0.2, 0.25) is 0 Å². The van der Waals surface area contributed by atoms with Gasteiger partial charge in [-0.15, -0.1) is 0 Å². The first-order chi connectivity index (χ1) is 15.5. The van der Waals surface area contributed by atoms with Crippen LogP contribution in [0.1, 0.15) is 27.3 Å². The summed E-state index contributed by atoms with van der Waals surface area (Å²) >= 11 is 5.90. The van der Waals surface area contributed by atoms with Crippen LogP contribution in [-0.4, -0.2) is 28.6 Å². The summed E-state index contributed by atoms with van der Waals surface area (Å²) < 4.78 is 8.30. The first-order valence-corrected chi connectivity index (χ1v) is 11.1. The number of amides is 1. The molecule has 32 heavy (non-hydrogen) atoms. The van der Waals surface area contributed by atoms with Gasteiger partial charge in [0, 0.05) is 23.6 Å². The summed E-state index contributed by atoms with van der Waals surface area (Å²) in [5.41, 5.74) is 4.86. The second-order valence-electron chi connectivity index (χ2n) is 7.75. The molecule has 0 atom stereocenters. The summed E-state index contributed by atoms with van der Waals surface area (Å²) in [6.07, 6.45) is 0.622. The minimum absolute atomic E-state index is 0.123. The van der Waals surface area contributed by atoms with Gasteiger partial charge in [-0.3, -0.25) is 4.79 Å². The van der Waals surface area contributed by atoms with Gasteiger partial charge in [0.15, 0.2) is 0 Å². The van der Waals surface area contributed by atoms with E-state index >= 15 is 0 Å². The van der Waals surface area contributed by atoms with Gasteiger partial charge in [0.1, 0.15) is 18.2 Å². The molecule has 3 aromatic carbocycles. The van der Waals surface area contributed by atoms with E-state index < -0.39 is 0 Å². The number of halogens is 1. The van der Waals surface area contributed by atoms with E-state index in [0.29, 0.717) is 36.7 Å². The molecule has 4 aromatic rings. The molecular formula is C26H26ClN3O2. The van der Waals surface area contributed by atoms with Crippen LogP contribution in [0, 0.1) is 13.8 Å². The fraction of sp³-hybridized carbons (Fsp3) is 0.231. The van der Waals surface area contributed by atoms with Crippen molar-refractivity contribution in [3.05, 3.63) is 94.3 Å². The summed E-state index contributed by atoms with van der Waals surface area (Å²) in [4.78, 5) is 17.2. The summed E-state index contributed by atoms with van der Waals surface area (Å²) in [6, 6.07) is 21.1. The van der Waals surface area contributed by atoms with Crippen molar-refractivity contribution in [1.82, 2.24) is 14.9 Å². The Bertz CT molecular complexity index is 1210. The van der Waals surface area contributed by atoms with Crippen LogP contribution in [0.25, 0.3) is 11.0 Å². The molecule has 0 radical (unpaired) electrons. The monoisotopic (exact) mass is 447 g/mol. The zero-order valence-electron chi connectivity index (χ0n) is 18.3. The van der Waals surface area contributed by atoms with Gasteiger partial charge >= 0.3 is 0 Å². The molecule has 0 saturated heterocycles. The Kier molecular flexibility index (Phi) is 6.76. The van der Waals surface area contributed by atoms with E-state index in [4.69, 9.17) is 21.3 Å². The molecular weight excluding hydrogens is 422 g/mol. The standard InChI is InChI=1S/C26H26ClN3O2/c1-18-6-5-7-19(2)25(18)32-17-16-30-23-9-4-3-8-22(23)29-24(30)14-15-28-26(31)20-10-12-21(27)13-11-20/h3-13H,14-17H2,1-2H3,(H,28,31). The van der Waals surface area contributed by atoms with E-state index in [9.17, 15) is 4.79 Å². The molecule has 1 amide bonds. The SMILES string of the molecule is Cc1cccc(C)c1OCCn1c(CCNC(=O)c2ccc(Cl)cc2)nc2ccccc21. The average Bonchev–Trinajstić information content (AvgIpc) is 3.13. The number of fused-ring (bicyclic) bond motifs is 1. The van der Waals surface area contributed by atoms with Crippen LogP contribution < -0.4 is 10.1 Å². The summed E-state index contributed by atoms with van der Waals surface area (Å²) in [7, 11) is 0. The Hall–Kier alpha value is -3.31. The molecule has 0 aliphatic heterocycles. The predicted molar refractivity (Wildman–Crippen MR) is 129 cm³/mol. The minimum Gasteiger partial charge on any atom is -0.491 e. The number of ether oxygens (including phenoxy) is 1. The Labute approximate surface area is 193 Å². The van der Waals surface area contributed by atoms with Crippen LogP contribution >= 0.6 is 11.6 Å². The van der Waals surface area contributed by atoms with Crippen molar-refractivity contribution in [2.75, 3.05) is 13.2 Å². The molecule has 6 heteroatoms. The van der Waals surface area contributed by atoms with Crippen LogP contribution in [0.5, 0.6) is 5.75 Å². The van der Waals surface area contributed by atoms with Gasteiger partial charge in [-0.2, -0.15) is 0 Å². The van der Waals surface area contributed by atoms with Crippen LogP contribution in [-0.2, 0) is 13.0 Å². The van der Waals surface area contributed by atoms with E-state index in [1.54, 1.807) is 24.3 Å². The molecule has 0 unspecified atom stereocenters. The maximum Gasteiger partial charge on any atom is 0.251 e. The quantitative estimate of drug-likeness (QED) is 0.395. The highest BCUT2D eigenvalue weighted by atomic mass is 35.5. The van der Waals surface area contributed by atoms with E-state index in [0.717, 1.165) is 33.7 Å². The number of hydrogen-bond acceptors (Lipinski definition) is 3. The van der Waals surface area contributed by atoms with Gasteiger partial charge in [0.25, 0.3) is 5.91 Å². The molecule has 0 aliphatic rings. The summed E-state index contributed by atoms with van der Waals surface area (Å²) in [5.74, 6) is 1.74. The fourth-order valence-corrected chi connectivity index (χ4v) is 3.95. The average molecular weight is 448 g/mol. The Morgan fingerprint density at radius 2 is 1.72 bits per heavy atom. The lowest BCUT2D eigenvalue weighted by atomic mass is 10.1. The number of nitrogens with zero attached hydrogens (tertiary/aromatic N) is 2. The maximum absolute atomic E-state index is 12.4. The highest BCUT2D eigenvalue weighted by molar-refractivity contribution is 6.30. The smallest absolute Gasteiger partial charge is 0.251 e. The predicted octanol–water partition coefficient (Wildman–Crippen LogP) is 5.36. The lowest BCUT2D eigenvalue weighted by Crippen LogP contribution is -2.26. The van der Waals surface area contributed by atoms with Gasteiger partial charge in [0.05, 0.1) is 17.6 Å². The van der Waals surface area contributed by atoms with Crippen molar-refractivity contribution in [3.63, 3.8) is 0 Å². The third-order valence-corrected chi connectivity index (χ3v) is 5.70. The summed E-state index contributed by atoms with van der Waals surface area (Å²) in [5, 5.41) is 3.58. The van der Waals surface area contributed by atoms with E-state index in [1.807, 2.05) is 24.3 Å². The van der Waals surface area contributed by atoms with Crippen LogP contribution in [0.4, 0.5) is 0 Å². The summed E-state index contributed by atoms with van der Waals surface area (Å²) in [6.45, 7) is 5.82. The van der Waals surface area contributed by atoms with Crippen molar-refractivity contribution in [2.24, 2.45) is 0 Å². The van der Waals surface area contributed by atoms with Crippen LogP contribution in [0.3, 0.4) is 0 Å². The van der Waals surface area contributed by atoms with Crippen LogP contribution in [0.15, 0.2) is 66.7 Å². The van der Waals surface area contributed by atoms with Crippen LogP contribution in [0.2, 0.25) is 5.02 Å². The van der Waals surface area contributed by atoms with Gasteiger partial charge < -0.3 is 14.6 Å². The highest BCUT2D eigenvalue weighted by Crippen LogP contribution is 2.23. The molecule has 0 aliphatic carbocycles. The number of imidazole rings is 1. The molecule has 164 valence electrons. The lowest BCUT2D eigenvalue weighted by Gasteiger charge is -2.14. The van der Waals surface area contributed by atoms with E-state index in [-0.39, 0.29) is 5.91 Å². The molecule has 4 rings (SSSR count). The third-order valence-electron chi connectivity index (χ3n) is 5.44. The fourth-order valence-electron chi connectivity index (χ4n) is 3.82. The zero-order valence-corrected chi connectivity index (χ0v) is 19.0. The molecule has 5 nitrogen and oxygen atoms in total. The molecule has 0 fully saturated rings. The highest BCUT2D eigenvalue weighted by Gasteiger charge is 2.12. The maximum atomic E-state index is 12.4.